The Morgan fingerprint density at radius 3 is 2.30 bits per heavy atom. The van der Waals surface area contributed by atoms with Gasteiger partial charge in [-0.25, -0.2) is 0 Å². The number of hydrogen-bond donors (Lipinski definition) is 1. The van der Waals surface area contributed by atoms with Crippen LogP contribution in [0, 0.1) is 0 Å². The first-order chi connectivity index (χ1) is 9.17. The summed E-state index contributed by atoms with van der Waals surface area (Å²) >= 11 is 17.1. The van der Waals surface area contributed by atoms with Crippen molar-refractivity contribution in [2.24, 2.45) is 0 Å². The Kier molecular flexibility index (Phi) is 3.94. The second kappa shape index (κ2) is 5.08. The van der Waals surface area contributed by atoms with Crippen molar-refractivity contribution in [2.45, 2.75) is 60.4 Å². The van der Waals surface area contributed by atoms with Gasteiger partial charge in [0.25, 0.3) is 0 Å². The highest BCUT2D eigenvalue weighted by molar-refractivity contribution is 6.67. The van der Waals surface area contributed by atoms with E-state index < -0.39 is 46.6 Å². The van der Waals surface area contributed by atoms with Crippen LogP contribution in [0.4, 0.5) is 0 Å². The third kappa shape index (κ3) is 2.78. The summed E-state index contributed by atoms with van der Waals surface area (Å²) in [5, 5.41) is 10.3. The standard InChI is InChI=1S/C11H15Cl3O6/c1-10(2)16-3-4(20-10)6-5(15)7-8(17-6)19-9(18-7)11(12,13)14/h4-9,15H,3H2,1-2H3/t4-,5+,6-,7-,8?,9-/m1/s1. The Hall–Kier alpha value is 0.630. The molecule has 20 heavy (non-hydrogen) atoms. The largest absolute Gasteiger partial charge is 0.387 e. The molecule has 3 heterocycles. The molecule has 0 saturated carbocycles. The molecule has 0 aromatic heterocycles. The van der Waals surface area contributed by atoms with Gasteiger partial charge in [0.15, 0.2) is 12.1 Å². The maximum atomic E-state index is 10.3. The first-order valence-corrected chi connectivity index (χ1v) is 7.34. The van der Waals surface area contributed by atoms with Crippen LogP contribution in [0.2, 0.25) is 0 Å². The Morgan fingerprint density at radius 1 is 1.10 bits per heavy atom. The van der Waals surface area contributed by atoms with Gasteiger partial charge in [-0.15, -0.1) is 0 Å². The minimum absolute atomic E-state index is 0.321. The molecular formula is C11H15Cl3O6. The number of rotatable bonds is 1. The third-order valence-corrected chi connectivity index (χ3v) is 3.97. The molecule has 3 aliphatic rings. The van der Waals surface area contributed by atoms with Gasteiger partial charge in [-0.3, -0.25) is 0 Å². The van der Waals surface area contributed by atoms with E-state index in [1.807, 2.05) is 0 Å². The number of aliphatic hydroxyl groups is 1. The van der Waals surface area contributed by atoms with Crippen LogP contribution in [0.1, 0.15) is 13.8 Å². The number of hydrogen-bond acceptors (Lipinski definition) is 6. The minimum atomic E-state index is -1.74. The molecule has 3 fully saturated rings. The summed E-state index contributed by atoms with van der Waals surface area (Å²) in [5.74, 6) is -0.701. The smallest absolute Gasteiger partial charge is 0.241 e. The van der Waals surface area contributed by atoms with Crippen molar-refractivity contribution < 1.29 is 28.8 Å². The van der Waals surface area contributed by atoms with E-state index in [0.29, 0.717) is 6.61 Å². The van der Waals surface area contributed by atoms with Crippen molar-refractivity contribution in [1.82, 2.24) is 0 Å². The van der Waals surface area contributed by atoms with Gasteiger partial charge < -0.3 is 28.8 Å². The van der Waals surface area contributed by atoms with E-state index >= 15 is 0 Å². The SMILES string of the molecule is CC1(C)OC[C@H]([C@H]2OC3O[C@H](C(Cl)(Cl)Cl)O[C@@H]3[C@H]2O)O1. The molecule has 0 aromatic rings. The number of ether oxygens (including phenoxy) is 5. The molecule has 0 amide bonds. The second-order valence-electron chi connectivity index (χ2n) is 5.44. The lowest BCUT2D eigenvalue weighted by Crippen LogP contribution is -2.42. The molecule has 6 atom stereocenters. The van der Waals surface area contributed by atoms with Gasteiger partial charge in [0.05, 0.1) is 6.61 Å². The predicted octanol–water partition coefficient (Wildman–Crippen LogP) is 1.34. The van der Waals surface area contributed by atoms with Gasteiger partial charge in [0, 0.05) is 0 Å². The quantitative estimate of drug-likeness (QED) is 0.721. The van der Waals surface area contributed by atoms with Crippen LogP contribution in [0.15, 0.2) is 0 Å². The van der Waals surface area contributed by atoms with Crippen LogP contribution >= 0.6 is 34.8 Å². The van der Waals surface area contributed by atoms with Crippen molar-refractivity contribution in [3.05, 3.63) is 0 Å². The fourth-order valence-electron chi connectivity index (χ4n) is 2.55. The highest BCUT2D eigenvalue weighted by atomic mass is 35.6. The lowest BCUT2D eigenvalue weighted by molar-refractivity contribution is -0.201. The summed E-state index contributed by atoms with van der Waals surface area (Å²) in [7, 11) is 0. The molecule has 3 saturated heterocycles. The van der Waals surface area contributed by atoms with Crippen LogP contribution in [0.3, 0.4) is 0 Å². The molecule has 1 unspecified atom stereocenters. The lowest BCUT2D eigenvalue weighted by Gasteiger charge is -2.25. The van der Waals surface area contributed by atoms with E-state index in [1.54, 1.807) is 13.8 Å². The molecule has 0 aromatic carbocycles. The predicted molar refractivity (Wildman–Crippen MR) is 69.6 cm³/mol. The van der Waals surface area contributed by atoms with Crippen molar-refractivity contribution in [2.75, 3.05) is 6.61 Å². The van der Waals surface area contributed by atoms with E-state index in [4.69, 9.17) is 58.5 Å². The summed E-state index contributed by atoms with van der Waals surface area (Å²) in [6, 6.07) is 0. The van der Waals surface area contributed by atoms with Gasteiger partial charge in [-0.05, 0) is 13.8 Å². The monoisotopic (exact) mass is 348 g/mol. The van der Waals surface area contributed by atoms with Gasteiger partial charge >= 0.3 is 0 Å². The average Bonchev–Trinajstić information content (AvgIpc) is 2.93. The van der Waals surface area contributed by atoms with E-state index in [1.165, 1.54) is 0 Å². The Morgan fingerprint density at radius 2 is 1.80 bits per heavy atom. The minimum Gasteiger partial charge on any atom is -0.387 e. The number of fused-ring (bicyclic) bond motifs is 1. The Balaban J connectivity index is 1.65. The summed E-state index contributed by atoms with van der Waals surface area (Å²) in [5.41, 5.74) is 0. The highest BCUT2D eigenvalue weighted by Crippen LogP contribution is 2.43. The topological polar surface area (TPSA) is 66.4 Å². The van der Waals surface area contributed by atoms with Gasteiger partial charge in [0.2, 0.25) is 10.1 Å². The zero-order valence-corrected chi connectivity index (χ0v) is 13.1. The Labute approximate surface area is 131 Å². The van der Waals surface area contributed by atoms with Crippen LogP contribution in [0.5, 0.6) is 0 Å². The third-order valence-electron chi connectivity index (χ3n) is 3.44. The summed E-state index contributed by atoms with van der Waals surface area (Å²) in [4.78, 5) is 0. The number of aliphatic hydroxyl groups excluding tert-OH is 1. The van der Waals surface area contributed by atoms with Gasteiger partial charge in [0.1, 0.15) is 24.4 Å². The molecule has 0 radical (unpaired) electrons. The van der Waals surface area contributed by atoms with Crippen molar-refractivity contribution >= 4 is 34.8 Å². The van der Waals surface area contributed by atoms with Gasteiger partial charge in [-0.1, -0.05) is 34.8 Å². The van der Waals surface area contributed by atoms with Crippen LogP contribution < -0.4 is 0 Å². The second-order valence-corrected chi connectivity index (χ2v) is 7.81. The molecule has 0 aliphatic carbocycles. The number of alkyl halides is 3. The van der Waals surface area contributed by atoms with Crippen molar-refractivity contribution in [1.29, 1.82) is 0 Å². The molecule has 3 aliphatic heterocycles. The lowest BCUT2D eigenvalue weighted by atomic mass is 10.1. The molecule has 9 heteroatoms. The summed E-state index contributed by atoms with van der Waals surface area (Å²) < 4.78 is 25.8. The summed E-state index contributed by atoms with van der Waals surface area (Å²) in [6.45, 7) is 3.91. The zero-order chi connectivity index (χ0) is 14.7. The fourth-order valence-corrected chi connectivity index (χ4v) is 2.86. The molecule has 1 N–H and O–H groups in total. The zero-order valence-electron chi connectivity index (χ0n) is 10.8. The number of halogens is 3. The molecule has 116 valence electrons. The fraction of sp³-hybridized carbons (Fsp3) is 1.00. The molecule has 6 nitrogen and oxygen atoms in total. The van der Waals surface area contributed by atoms with Crippen LogP contribution in [-0.4, -0.2) is 58.3 Å². The maximum absolute atomic E-state index is 10.3. The first-order valence-electron chi connectivity index (χ1n) is 6.20. The van der Waals surface area contributed by atoms with Crippen LogP contribution in [-0.2, 0) is 23.7 Å². The normalized spacial score (nSPS) is 47.7. The molecule has 0 bridgehead atoms. The molecular weight excluding hydrogens is 334 g/mol. The average molecular weight is 350 g/mol. The first kappa shape index (κ1) is 15.5. The summed E-state index contributed by atoms with van der Waals surface area (Å²) in [6.07, 6.45) is -4.53. The van der Waals surface area contributed by atoms with E-state index in [-0.39, 0.29) is 0 Å². The molecule has 0 spiro atoms. The van der Waals surface area contributed by atoms with E-state index in [9.17, 15) is 5.11 Å². The molecule has 3 rings (SSSR count). The van der Waals surface area contributed by atoms with E-state index in [0.717, 1.165) is 0 Å². The van der Waals surface area contributed by atoms with Crippen molar-refractivity contribution in [3.8, 4) is 0 Å². The highest BCUT2D eigenvalue weighted by Gasteiger charge is 2.58. The van der Waals surface area contributed by atoms with Crippen molar-refractivity contribution in [3.63, 3.8) is 0 Å². The van der Waals surface area contributed by atoms with Gasteiger partial charge in [-0.2, -0.15) is 0 Å². The van der Waals surface area contributed by atoms with Crippen LogP contribution in [0.25, 0.3) is 0 Å². The Bertz CT molecular complexity index is 387. The maximum Gasteiger partial charge on any atom is 0.241 e. The van der Waals surface area contributed by atoms with E-state index in [2.05, 4.69) is 0 Å².